The van der Waals surface area contributed by atoms with E-state index in [-0.39, 0.29) is 11.7 Å². The van der Waals surface area contributed by atoms with Gasteiger partial charge in [-0.15, -0.1) is 0 Å². The lowest BCUT2D eigenvalue weighted by Gasteiger charge is -2.17. The molecule has 24 heavy (non-hydrogen) atoms. The molecule has 3 aromatic carbocycles. The molecule has 0 aliphatic rings. The average Bonchev–Trinajstić information content (AvgIpc) is 2.61. The maximum absolute atomic E-state index is 14.3. The van der Waals surface area contributed by atoms with Crippen LogP contribution in [0.3, 0.4) is 0 Å². The van der Waals surface area contributed by atoms with Crippen LogP contribution in [0.1, 0.15) is 34.6 Å². The molecule has 0 aromatic heterocycles. The molecule has 0 radical (unpaired) electrons. The predicted molar refractivity (Wildman–Crippen MR) is 99.5 cm³/mol. The van der Waals surface area contributed by atoms with Gasteiger partial charge in [0.25, 0.3) is 0 Å². The number of benzene rings is 3. The monoisotopic (exact) mass is 316 g/mol. The van der Waals surface area contributed by atoms with Crippen molar-refractivity contribution in [1.29, 1.82) is 0 Å². The second-order valence-corrected chi connectivity index (χ2v) is 6.04. The summed E-state index contributed by atoms with van der Waals surface area (Å²) in [7, 11) is 0. The molecular formula is C23H21F. The summed E-state index contributed by atoms with van der Waals surface area (Å²) < 4.78 is 14.3. The smallest absolute Gasteiger partial charge is 0.127 e. The van der Waals surface area contributed by atoms with Gasteiger partial charge in [-0.2, -0.15) is 0 Å². The lowest BCUT2D eigenvalue weighted by atomic mass is 9.88. The minimum atomic E-state index is -0.143. The maximum Gasteiger partial charge on any atom is 0.127 e. The highest BCUT2D eigenvalue weighted by atomic mass is 19.1. The van der Waals surface area contributed by atoms with Crippen molar-refractivity contribution < 1.29 is 4.39 Å². The van der Waals surface area contributed by atoms with Crippen molar-refractivity contribution in [1.82, 2.24) is 0 Å². The SMILES string of the molecule is Cc1cccc(C=CCC(c2ccccc2)c2ccccc2F)c1. The summed E-state index contributed by atoms with van der Waals surface area (Å²) in [6, 6.07) is 25.6. The number of rotatable bonds is 5. The Morgan fingerprint density at radius 3 is 2.38 bits per heavy atom. The van der Waals surface area contributed by atoms with Crippen molar-refractivity contribution >= 4 is 6.08 Å². The quantitative estimate of drug-likeness (QED) is 0.513. The zero-order valence-electron chi connectivity index (χ0n) is 13.8. The molecule has 0 fully saturated rings. The first-order chi connectivity index (χ1) is 11.7. The van der Waals surface area contributed by atoms with E-state index in [0.29, 0.717) is 0 Å². The van der Waals surface area contributed by atoms with Crippen LogP contribution < -0.4 is 0 Å². The highest BCUT2D eigenvalue weighted by Gasteiger charge is 2.16. The Labute approximate surface area is 143 Å². The number of allylic oxidation sites excluding steroid dienone is 1. The van der Waals surface area contributed by atoms with Crippen LogP contribution in [0.25, 0.3) is 6.08 Å². The minimum Gasteiger partial charge on any atom is -0.207 e. The van der Waals surface area contributed by atoms with Gasteiger partial charge >= 0.3 is 0 Å². The van der Waals surface area contributed by atoms with E-state index >= 15 is 0 Å². The molecule has 3 aromatic rings. The first-order valence-corrected chi connectivity index (χ1v) is 8.26. The topological polar surface area (TPSA) is 0 Å². The van der Waals surface area contributed by atoms with Gasteiger partial charge in [-0.1, -0.05) is 90.5 Å². The molecule has 0 saturated carbocycles. The Balaban J connectivity index is 1.87. The molecule has 120 valence electrons. The van der Waals surface area contributed by atoms with Crippen LogP contribution in [-0.2, 0) is 0 Å². The lowest BCUT2D eigenvalue weighted by molar-refractivity contribution is 0.597. The van der Waals surface area contributed by atoms with E-state index in [2.05, 4.69) is 55.5 Å². The minimum absolute atomic E-state index is 0.0217. The summed E-state index contributed by atoms with van der Waals surface area (Å²) in [6.45, 7) is 2.09. The van der Waals surface area contributed by atoms with Gasteiger partial charge in [0.1, 0.15) is 5.82 Å². The van der Waals surface area contributed by atoms with Crippen LogP contribution >= 0.6 is 0 Å². The predicted octanol–water partition coefficient (Wildman–Crippen LogP) is 6.37. The Hall–Kier alpha value is -2.67. The van der Waals surface area contributed by atoms with Gasteiger partial charge in [0.2, 0.25) is 0 Å². The molecular weight excluding hydrogens is 295 g/mol. The van der Waals surface area contributed by atoms with Crippen LogP contribution in [0, 0.1) is 12.7 Å². The summed E-state index contributed by atoms with van der Waals surface area (Å²) >= 11 is 0. The number of halogens is 1. The van der Waals surface area contributed by atoms with Crippen molar-refractivity contribution in [3.8, 4) is 0 Å². The molecule has 1 heteroatoms. The van der Waals surface area contributed by atoms with Crippen LogP contribution in [0.15, 0.2) is 84.9 Å². The normalized spacial score (nSPS) is 12.4. The van der Waals surface area contributed by atoms with Gasteiger partial charge in [-0.3, -0.25) is 0 Å². The van der Waals surface area contributed by atoms with Gasteiger partial charge < -0.3 is 0 Å². The lowest BCUT2D eigenvalue weighted by Crippen LogP contribution is -2.02. The molecule has 0 aliphatic carbocycles. The van der Waals surface area contributed by atoms with Gasteiger partial charge in [0, 0.05) is 5.92 Å². The molecule has 3 rings (SSSR count). The third-order valence-corrected chi connectivity index (χ3v) is 4.21. The van der Waals surface area contributed by atoms with Crippen LogP contribution in [0.4, 0.5) is 4.39 Å². The molecule has 0 saturated heterocycles. The Bertz CT molecular complexity index is 818. The Morgan fingerprint density at radius 2 is 1.62 bits per heavy atom. The molecule has 1 atom stereocenters. The van der Waals surface area contributed by atoms with E-state index in [1.54, 1.807) is 6.07 Å². The Kier molecular flexibility index (Phi) is 5.22. The van der Waals surface area contributed by atoms with Gasteiger partial charge in [-0.05, 0) is 36.1 Å². The summed E-state index contributed by atoms with van der Waals surface area (Å²) in [4.78, 5) is 0. The average molecular weight is 316 g/mol. The molecule has 0 spiro atoms. The first-order valence-electron chi connectivity index (χ1n) is 8.26. The standard InChI is InChI=1S/C23H21F/c1-18-9-7-10-19(17-18)11-8-15-21(20-12-3-2-4-13-20)22-14-5-6-16-23(22)24/h2-14,16-17,21H,15H2,1H3. The van der Waals surface area contributed by atoms with Gasteiger partial charge in [-0.25, -0.2) is 4.39 Å². The molecule has 0 N–H and O–H groups in total. The third-order valence-electron chi connectivity index (χ3n) is 4.21. The van der Waals surface area contributed by atoms with Crippen molar-refractivity contribution in [2.24, 2.45) is 0 Å². The van der Waals surface area contributed by atoms with E-state index in [4.69, 9.17) is 0 Å². The van der Waals surface area contributed by atoms with Gasteiger partial charge in [0.05, 0.1) is 0 Å². The number of hydrogen-bond donors (Lipinski definition) is 0. The Morgan fingerprint density at radius 1 is 0.875 bits per heavy atom. The molecule has 0 bridgehead atoms. The second kappa shape index (κ2) is 7.74. The highest BCUT2D eigenvalue weighted by molar-refractivity contribution is 5.50. The van der Waals surface area contributed by atoms with E-state index in [9.17, 15) is 4.39 Å². The van der Waals surface area contributed by atoms with Crippen molar-refractivity contribution in [2.75, 3.05) is 0 Å². The maximum atomic E-state index is 14.3. The first kappa shape index (κ1) is 16.2. The van der Waals surface area contributed by atoms with Gasteiger partial charge in [0.15, 0.2) is 0 Å². The van der Waals surface area contributed by atoms with Crippen LogP contribution in [-0.4, -0.2) is 0 Å². The molecule has 0 nitrogen and oxygen atoms in total. The highest BCUT2D eigenvalue weighted by Crippen LogP contribution is 2.30. The zero-order valence-corrected chi connectivity index (χ0v) is 13.8. The fourth-order valence-electron chi connectivity index (χ4n) is 3.00. The van der Waals surface area contributed by atoms with E-state index in [1.165, 1.54) is 17.2 Å². The molecule has 0 amide bonds. The fraction of sp³-hybridized carbons (Fsp3) is 0.130. The number of hydrogen-bond acceptors (Lipinski definition) is 0. The molecule has 0 heterocycles. The largest absolute Gasteiger partial charge is 0.207 e. The summed E-state index contributed by atoms with van der Waals surface area (Å²) in [5, 5.41) is 0. The third kappa shape index (κ3) is 3.99. The summed E-state index contributed by atoms with van der Waals surface area (Å²) in [6.07, 6.45) is 5.02. The second-order valence-electron chi connectivity index (χ2n) is 6.04. The van der Waals surface area contributed by atoms with Crippen molar-refractivity contribution in [3.63, 3.8) is 0 Å². The summed E-state index contributed by atoms with van der Waals surface area (Å²) in [5.74, 6) is -0.122. The van der Waals surface area contributed by atoms with Crippen molar-refractivity contribution in [3.05, 3.63) is 113 Å². The van der Waals surface area contributed by atoms with Crippen LogP contribution in [0.5, 0.6) is 0 Å². The summed E-state index contributed by atoms with van der Waals surface area (Å²) in [5.41, 5.74) is 4.30. The van der Waals surface area contributed by atoms with E-state index in [1.807, 2.05) is 30.3 Å². The van der Waals surface area contributed by atoms with Crippen molar-refractivity contribution in [2.45, 2.75) is 19.3 Å². The fourth-order valence-corrected chi connectivity index (χ4v) is 3.00. The zero-order chi connectivity index (χ0) is 16.8. The molecule has 0 aliphatic heterocycles. The molecule has 1 unspecified atom stereocenters. The van der Waals surface area contributed by atoms with Crippen LogP contribution in [0.2, 0.25) is 0 Å². The van der Waals surface area contributed by atoms with E-state index in [0.717, 1.165) is 17.5 Å². The number of aryl methyl sites for hydroxylation is 1. The van der Waals surface area contributed by atoms with E-state index < -0.39 is 0 Å².